The molecule has 0 saturated carbocycles. The molecule has 1 heterocycles. The second-order valence-corrected chi connectivity index (χ2v) is 5.90. The molecule has 21 heavy (non-hydrogen) atoms. The number of fused-ring (bicyclic) bond motifs is 1. The molecule has 0 spiro atoms. The largest absolute Gasteiger partial charge is 0.497 e. The number of carbonyl (C=O) groups is 1. The number of methoxy groups -OCH3 is 1. The van der Waals surface area contributed by atoms with Crippen molar-refractivity contribution in [1.29, 1.82) is 0 Å². The van der Waals surface area contributed by atoms with E-state index in [2.05, 4.69) is 15.6 Å². The lowest BCUT2D eigenvalue weighted by Crippen LogP contribution is -2.43. The molecule has 0 radical (unpaired) electrons. The molecule has 0 unspecified atom stereocenters. The fraction of sp³-hybridized carbons (Fsp3) is 0.375. The molecule has 112 valence electrons. The number of aromatic nitrogens is 1. The number of anilines is 1. The predicted molar refractivity (Wildman–Crippen MR) is 84.7 cm³/mol. The average molecular weight is 287 g/mol. The van der Waals surface area contributed by atoms with Crippen molar-refractivity contribution in [3.05, 3.63) is 30.5 Å². The quantitative estimate of drug-likeness (QED) is 0.907. The van der Waals surface area contributed by atoms with Crippen LogP contribution in [0.5, 0.6) is 5.75 Å². The van der Waals surface area contributed by atoms with Crippen LogP contribution in [-0.2, 0) is 4.79 Å². The first-order valence-electron chi connectivity index (χ1n) is 6.87. The SMILES string of the molecule is COc1ccc2ccnc(NCC(=O)NC(C)(C)C)c2c1. The van der Waals surface area contributed by atoms with Gasteiger partial charge in [-0.1, -0.05) is 6.07 Å². The summed E-state index contributed by atoms with van der Waals surface area (Å²) in [5.74, 6) is 1.37. The van der Waals surface area contributed by atoms with E-state index in [1.165, 1.54) is 0 Å². The van der Waals surface area contributed by atoms with Crippen LogP contribution in [0.3, 0.4) is 0 Å². The number of nitrogens with one attached hydrogen (secondary N) is 2. The van der Waals surface area contributed by atoms with E-state index in [1.807, 2.05) is 45.0 Å². The van der Waals surface area contributed by atoms with E-state index in [0.29, 0.717) is 5.82 Å². The molecule has 0 fully saturated rings. The summed E-state index contributed by atoms with van der Waals surface area (Å²) in [6.45, 7) is 6.03. The molecular weight excluding hydrogens is 266 g/mol. The van der Waals surface area contributed by atoms with Crippen molar-refractivity contribution in [1.82, 2.24) is 10.3 Å². The number of ether oxygens (including phenoxy) is 1. The number of hydrogen-bond donors (Lipinski definition) is 2. The third-order valence-electron chi connectivity index (χ3n) is 2.90. The van der Waals surface area contributed by atoms with Gasteiger partial charge in [-0.15, -0.1) is 0 Å². The molecule has 0 atom stereocenters. The first kappa shape index (κ1) is 15.1. The van der Waals surface area contributed by atoms with Gasteiger partial charge in [-0.3, -0.25) is 4.79 Å². The Bertz CT molecular complexity index is 648. The summed E-state index contributed by atoms with van der Waals surface area (Å²) in [6, 6.07) is 7.70. The van der Waals surface area contributed by atoms with E-state index in [4.69, 9.17) is 4.74 Å². The Morgan fingerprint density at radius 2 is 2.05 bits per heavy atom. The van der Waals surface area contributed by atoms with Crippen molar-refractivity contribution < 1.29 is 9.53 Å². The number of nitrogens with zero attached hydrogens (tertiary/aromatic N) is 1. The van der Waals surface area contributed by atoms with Gasteiger partial charge in [0.2, 0.25) is 5.91 Å². The Hall–Kier alpha value is -2.30. The van der Waals surface area contributed by atoms with Gasteiger partial charge in [-0.2, -0.15) is 0 Å². The Labute approximate surface area is 124 Å². The molecule has 1 aromatic carbocycles. The molecule has 0 aliphatic heterocycles. The summed E-state index contributed by atoms with van der Waals surface area (Å²) >= 11 is 0. The average Bonchev–Trinajstić information content (AvgIpc) is 2.42. The third-order valence-corrected chi connectivity index (χ3v) is 2.90. The summed E-state index contributed by atoms with van der Waals surface area (Å²) < 4.78 is 5.23. The summed E-state index contributed by atoms with van der Waals surface area (Å²) in [7, 11) is 1.63. The Morgan fingerprint density at radius 3 is 2.71 bits per heavy atom. The number of amides is 1. The molecule has 0 aliphatic carbocycles. The molecule has 1 aromatic heterocycles. The lowest BCUT2D eigenvalue weighted by molar-refractivity contribution is -0.120. The maximum absolute atomic E-state index is 11.9. The van der Waals surface area contributed by atoms with Crippen molar-refractivity contribution in [2.24, 2.45) is 0 Å². The molecule has 5 nitrogen and oxygen atoms in total. The smallest absolute Gasteiger partial charge is 0.239 e. The number of benzene rings is 1. The number of rotatable bonds is 4. The molecule has 0 aliphatic rings. The first-order chi connectivity index (χ1) is 9.89. The monoisotopic (exact) mass is 287 g/mol. The molecule has 0 bridgehead atoms. The Morgan fingerprint density at radius 1 is 1.29 bits per heavy atom. The van der Waals surface area contributed by atoms with Crippen LogP contribution in [0, 0.1) is 0 Å². The van der Waals surface area contributed by atoms with E-state index in [0.717, 1.165) is 16.5 Å². The molecule has 2 aromatic rings. The topological polar surface area (TPSA) is 63.2 Å². The van der Waals surface area contributed by atoms with Gasteiger partial charge in [-0.25, -0.2) is 4.98 Å². The second kappa shape index (κ2) is 5.99. The zero-order chi connectivity index (χ0) is 15.5. The number of carbonyl (C=O) groups excluding carboxylic acids is 1. The summed E-state index contributed by atoms with van der Waals surface area (Å²) in [4.78, 5) is 16.2. The van der Waals surface area contributed by atoms with Crippen molar-refractivity contribution in [2.45, 2.75) is 26.3 Å². The van der Waals surface area contributed by atoms with E-state index in [1.54, 1.807) is 13.3 Å². The highest BCUT2D eigenvalue weighted by Gasteiger charge is 2.13. The zero-order valence-electron chi connectivity index (χ0n) is 12.9. The van der Waals surface area contributed by atoms with Crippen molar-refractivity contribution in [3.8, 4) is 5.75 Å². The van der Waals surface area contributed by atoms with E-state index < -0.39 is 0 Å². The maximum Gasteiger partial charge on any atom is 0.239 e. The van der Waals surface area contributed by atoms with Crippen molar-refractivity contribution in [2.75, 3.05) is 19.0 Å². The van der Waals surface area contributed by atoms with Crippen LogP contribution < -0.4 is 15.4 Å². The minimum Gasteiger partial charge on any atom is -0.497 e. The van der Waals surface area contributed by atoms with Crippen LogP contribution in [0.25, 0.3) is 10.8 Å². The summed E-state index contributed by atoms with van der Waals surface area (Å²) in [5.41, 5.74) is -0.242. The fourth-order valence-corrected chi connectivity index (χ4v) is 2.04. The number of pyridine rings is 1. The van der Waals surface area contributed by atoms with E-state index in [9.17, 15) is 4.79 Å². The summed E-state index contributed by atoms with van der Waals surface area (Å²) in [6.07, 6.45) is 1.72. The molecule has 5 heteroatoms. The van der Waals surface area contributed by atoms with E-state index in [-0.39, 0.29) is 18.0 Å². The zero-order valence-corrected chi connectivity index (χ0v) is 12.9. The molecule has 1 amide bonds. The van der Waals surface area contributed by atoms with Gasteiger partial charge in [0.25, 0.3) is 0 Å². The minimum absolute atomic E-state index is 0.0656. The number of hydrogen-bond acceptors (Lipinski definition) is 4. The normalized spacial score (nSPS) is 11.2. The van der Waals surface area contributed by atoms with Gasteiger partial charge in [0.1, 0.15) is 11.6 Å². The van der Waals surface area contributed by atoms with Gasteiger partial charge in [0.05, 0.1) is 13.7 Å². The lowest BCUT2D eigenvalue weighted by Gasteiger charge is -2.20. The highest BCUT2D eigenvalue weighted by atomic mass is 16.5. The van der Waals surface area contributed by atoms with Gasteiger partial charge in [0.15, 0.2) is 0 Å². The molecule has 2 rings (SSSR count). The highest BCUT2D eigenvalue weighted by molar-refractivity contribution is 5.94. The van der Waals surface area contributed by atoms with Gasteiger partial charge >= 0.3 is 0 Å². The van der Waals surface area contributed by atoms with Crippen LogP contribution in [0.2, 0.25) is 0 Å². The standard InChI is InChI=1S/C16H21N3O2/c1-16(2,3)19-14(20)10-18-15-13-9-12(21-4)6-5-11(13)7-8-17-15/h5-9H,10H2,1-4H3,(H,17,18)(H,19,20). The van der Waals surface area contributed by atoms with Gasteiger partial charge < -0.3 is 15.4 Å². The lowest BCUT2D eigenvalue weighted by atomic mass is 10.1. The van der Waals surface area contributed by atoms with Crippen LogP contribution >= 0.6 is 0 Å². The van der Waals surface area contributed by atoms with Crippen LogP contribution in [0.4, 0.5) is 5.82 Å². The van der Waals surface area contributed by atoms with Gasteiger partial charge in [0, 0.05) is 17.1 Å². The van der Waals surface area contributed by atoms with Gasteiger partial charge in [-0.05, 0) is 44.4 Å². The molecule has 2 N–H and O–H groups in total. The maximum atomic E-state index is 11.9. The minimum atomic E-state index is -0.242. The van der Waals surface area contributed by atoms with Crippen LogP contribution in [0.1, 0.15) is 20.8 Å². The second-order valence-electron chi connectivity index (χ2n) is 5.90. The van der Waals surface area contributed by atoms with E-state index >= 15 is 0 Å². The van der Waals surface area contributed by atoms with Crippen LogP contribution in [0.15, 0.2) is 30.5 Å². The third kappa shape index (κ3) is 4.08. The fourth-order valence-electron chi connectivity index (χ4n) is 2.04. The first-order valence-corrected chi connectivity index (χ1v) is 6.87. The summed E-state index contributed by atoms with van der Waals surface area (Å²) in [5, 5.41) is 7.97. The highest BCUT2D eigenvalue weighted by Crippen LogP contribution is 2.25. The Balaban J connectivity index is 2.16. The molecule has 0 saturated heterocycles. The predicted octanol–water partition coefficient (Wildman–Crippen LogP) is 2.57. The molecular formula is C16H21N3O2. The van der Waals surface area contributed by atoms with Crippen molar-refractivity contribution in [3.63, 3.8) is 0 Å². The Kier molecular flexibility index (Phi) is 4.31. The van der Waals surface area contributed by atoms with Crippen molar-refractivity contribution >= 4 is 22.5 Å². The van der Waals surface area contributed by atoms with Crippen LogP contribution in [-0.4, -0.2) is 30.1 Å².